The van der Waals surface area contributed by atoms with E-state index in [-0.39, 0.29) is 11.5 Å². The highest BCUT2D eigenvalue weighted by Crippen LogP contribution is 2.63. The second-order valence-electron chi connectivity index (χ2n) is 7.14. The molecule has 1 aromatic carbocycles. The van der Waals surface area contributed by atoms with E-state index in [1.54, 1.807) is 7.11 Å². The van der Waals surface area contributed by atoms with Crippen LogP contribution in [0.25, 0.3) is 0 Å². The van der Waals surface area contributed by atoms with Crippen molar-refractivity contribution in [2.45, 2.75) is 36.8 Å². The number of methoxy groups -OCH3 is 1. The van der Waals surface area contributed by atoms with Crippen LogP contribution in [0.3, 0.4) is 0 Å². The van der Waals surface area contributed by atoms with Crippen molar-refractivity contribution in [3.63, 3.8) is 0 Å². The summed E-state index contributed by atoms with van der Waals surface area (Å²) in [7, 11) is 3.92. The lowest BCUT2D eigenvalue weighted by Gasteiger charge is -2.56. The molecule has 4 atom stereocenters. The van der Waals surface area contributed by atoms with E-state index in [0.717, 1.165) is 37.3 Å². The van der Waals surface area contributed by atoms with Crippen molar-refractivity contribution in [1.29, 1.82) is 0 Å². The van der Waals surface area contributed by atoms with Gasteiger partial charge in [0.15, 0.2) is 17.6 Å². The zero-order chi connectivity index (χ0) is 15.1. The fraction of sp³-hybridized carbons (Fsp3) is 0.556. The lowest BCUT2D eigenvalue weighted by atomic mass is 9.53. The third kappa shape index (κ3) is 1.25. The minimum Gasteiger partial charge on any atom is -0.509 e. The van der Waals surface area contributed by atoms with E-state index in [0.29, 0.717) is 17.7 Å². The van der Waals surface area contributed by atoms with Crippen molar-refractivity contribution in [2.75, 3.05) is 20.7 Å². The molecule has 4 heteroatoms. The van der Waals surface area contributed by atoms with Gasteiger partial charge in [0.2, 0.25) is 0 Å². The molecule has 1 saturated heterocycles. The van der Waals surface area contributed by atoms with Crippen molar-refractivity contribution in [1.82, 2.24) is 4.90 Å². The van der Waals surface area contributed by atoms with Crippen LogP contribution in [0.4, 0.5) is 0 Å². The molecule has 1 unspecified atom stereocenters. The van der Waals surface area contributed by atoms with Crippen molar-refractivity contribution < 1.29 is 14.6 Å². The molecule has 2 bridgehead atoms. The summed E-state index contributed by atoms with van der Waals surface area (Å²) in [5.41, 5.74) is 2.64. The van der Waals surface area contributed by atoms with Crippen LogP contribution in [0.5, 0.6) is 11.5 Å². The number of rotatable bonds is 1. The molecule has 116 valence electrons. The highest BCUT2D eigenvalue weighted by molar-refractivity contribution is 5.62. The van der Waals surface area contributed by atoms with Crippen LogP contribution in [0, 0.1) is 5.92 Å². The number of aliphatic hydroxyl groups excluding tert-OH is 1. The first-order chi connectivity index (χ1) is 10.7. The standard InChI is InChI=1S/C18H21NO3/c1-19-8-7-18-11-4-5-13(20)17(18)22-16-14(21-2)6-3-10(15(16)18)9-12(11)19/h3,5-6,11-12,17,20H,4,7-9H2,1-2H3/t11?,12-,17+,18+/m1/s1. The first kappa shape index (κ1) is 12.8. The number of aliphatic hydroxyl groups is 1. The maximum atomic E-state index is 10.5. The number of ether oxygens (including phenoxy) is 2. The van der Waals surface area contributed by atoms with Crippen molar-refractivity contribution in [3.8, 4) is 11.5 Å². The minimum atomic E-state index is -0.229. The topological polar surface area (TPSA) is 41.9 Å². The second kappa shape index (κ2) is 3.99. The summed E-state index contributed by atoms with van der Waals surface area (Å²) in [6, 6.07) is 4.75. The normalized spacial score (nSPS) is 38.1. The molecule has 0 amide bonds. The molecule has 2 aliphatic carbocycles. The Bertz CT molecular complexity index is 698. The summed E-state index contributed by atoms with van der Waals surface area (Å²) in [6.07, 6.45) is 4.80. The van der Waals surface area contributed by atoms with Crippen LogP contribution in [0.1, 0.15) is 24.0 Å². The Morgan fingerprint density at radius 1 is 1.41 bits per heavy atom. The average molecular weight is 299 g/mol. The van der Waals surface area contributed by atoms with Crippen LogP contribution >= 0.6 is 0 Å². The predicted octanol–water partition coefficient (Wildman–Crippen LogP) is 2.42. The van der Waals surface area contributed by atoms with Crippen LogP contribution in [-0.4, -0.2) is 42.9 Å². The Kier molecular flexibility index (Phi) is 2.32. The number of piperidine rings is 1. The Balaban J connectivity index is 1.83. The van der Waals surface area contributed by atoms with E-state index >= 15 is 0 Å². The Morgan fingerprint density at radius 2 is 2.27 bits per heavy atom. The predicted molar refractivity (Wildman–Crippen MR) is 82.6 cm³/mol. The summed E-state index contributed by atoms with van der Waals surface area (Å²) >= 11 is 0. The molecular weight excluding hydrogens is 278 g/mol. The molecule has 1 aromatic rings. The number of likely N-dealkylation sites (tertiary alicyclic amines) is 1. The molecule has 1 N–H and O–H groups in total. The summed E-state index contributed by atoms with van der Waals surface area (Å²) < 4.78 is 11.8. The molecular formula is C18H21NO3. The minimum absolute atomic E-state index is 0.0620. The Morgan fingerprint density at radius 3 is 3.09 bits per heavy atom. The molecule has 22 heavy (non-hydrogen) atoms. The molecule has 2 aliphatic heterocycles. The number of nitrogens with zero attached hydrogens (tertiary/aromatic N) is 1. The smallest absolute Gasteiger partial charge is 0.166 e. The van der Waals surface area contributed by atoms with E-state index in [1.807, 2.05) is 12.1 Å². The highest BCUT2D eigenvalue weighted by atomic mass is 16.5. The summed E-state index contributed by atoms with van der Waals surface area (Å²) in [6.45, 7) is 1.06. The van der Waals surface area contributed by atoms with E-state index in [9.17, 15) is 5.11 Å². The van der Waals surface area contributed by atoms with Gasteiger partial charge in [0.1, 0.15) is 5.76 Å². The largest absolute Gasteiger partial charge is 0.509 e. The monoisotopic (exact) mass is 299 g/mol. The van der Waals surface area contributed by atoms with Crippen molar-refractivity contribution in [3.05, 3.63) is 35.1 Å². The number of allylic oxidation sites excluding steroid dienone is 1. The first-order valence-electron chi connectivity index (χ1n) is 8.13. The van der Waals surface area contributed by atoms with E-state index in [2.05, 4.69) is 18.0 Å². The van der Waals surface area contributed by atoms with Gasteiger partial charge in [-0.25, -0.2) is 0 Å². The lowest BCUT2D eigenvalue weighted by molar-refractivity contribution is -0.0224. The van der Waals surface area contributed by atoms with Gasteiger partial charge in [-0.2, -0.15) is 0 Å². The zero-order valence-electron chi connectivity index (χ0n) is 13.0. The maximum Gasteiger partial charge on any atom is 0.166 e. The van der Waals surface area contributed by atoms with Gasteiger partial charge in [-0.1, -0.05) is 6.07 Å². The quantitative estimate of drug-likeness (QED) is 0.865. The fourth-order valence-electron chi connectivity index (χ4n) is 5.49. The van der Waals surface area contributed by atoms with Crippen LogP contribution in [-0.2, 0) is 11.8 Å². The van der Waals surface area contributed by atoms with Gasteiger partial charge >= 0.3 is 0 Å². The van der Waals surface area contributed by atoms with Gasteiger partial charge in [0, 0.05) is 17.0 Å². The third-order valence-corrected chi connectivity index (χ3v) is 6.45. The summed E-state index contributed by atoms with van der Waals surface area (Å²) in [5, 5.41) is 10.5. The lowest BCUT2D eigenvalue weighted by Crippen LogP contribution is -2.63. The van der Waals surface area contributed by atoms with Gasteiger partial charge in [-0.3, -0.25) is 0 Å². The highest BCUT2D eigenvalue weighted by Gasteiger charge is 2.64. The van der Waals surface area contributed by atoms with E-state index in [1.165, 1.54) is 11.1 Å². The first-order valence-corrected chi connectivity index (χ1v) is 8.13. The molecule has 5 rings (SSSR count). The van der Waals surface area contributed by atoms with Crippen LogP contribution in [0.15, 0.2) is 24.0 Å². The Labute approximate surface area is 130 Å². The van der Waals surface area contributed by atoms with Gasteiger partial charge < -0.3 is 19.5 Å². The van der Waals surface area contributed by atoms with Crippen LogP contribution in [0.2, 0.25) is 0 Å². The summed E-state index contributed by atoms with van der Waals surface area (Å²) in [4.78, 5) is 2.49. The molecule has 2 heterocycles. The van der Waals surface area contributed by atoms with Gasteiger partial charge in [0.05, 0.1) is 7.11 Å². The molecule has 1 spiro atoms. The number of benzene rings is 1. The van der Waals surface area contributed by atoms with Gasteiger partial charge in [-0.15, -0.1) is 0 Å². The van der Waals surface area contributed by atoms with Gasteiger partial charge in [0.25, 0.3) is 0 Å². The Hall–Kier alpha value is -1.68. The molecule has 1 fully saturated rings. The van der Waals surface area contributed by atoms with Crippen molar-refractivity contribution >= 4 is 0 Å². The molecule has 0 saturated carbocycles. The third-order valence-electron chi connectivity index (χ3n) is 6.45. The SMILES string of the molecule is COc1ccc2c3c1O[C@H]1C(O)=CCC4[C@@H](C2)N(C)CC[C@@]341. The van der Waals surface area contributed by atoms with Crippen LogP contribution < -0.4 is 9.47 Å². The molecule has 4 nitrogen and oxygen atoms in total. The second-order valence-corrected chi connectivity index (χ2v) is 7.14. The van der Waals surface area contributed by atoms with E-state index < -0.39 is 0 Å². The van der Waals surface area contributed by atoms with Gasteiger partial charge in [-0.05, 0) is 56.5 Å². The molecule has 0 aromatic heterocycles. The summed E-state index contributed by atoms with van der Waals surface area (Å²) in [5.74, 6) is 2.60. The van der Waals surface area contributed by atoms with E-state index in [4.69, 9.17) is 9.47 Å². The maximum absolute atomic E-state index is 10.5. The molecule has 0 radical (unpaired) electrons. The number of likely N-dealkylation sites (N-methyl/N-ethyl adjacent to an activating group) is 1. The average Bonchev–Trinajstić information content (AvgIpc) is 2.88. The van der Waals surface area contributed by atoms with Crippen molar-refractivity contribution in [2.24, 2.45) is 5.92 Å². The molecule has 4 aliphatic rings. The fourth-order valence-corrected chi connectivity index (χ4v) is 5.49. The number of hydrogen-bond acceptors (Lipinski definition) is 4. The number of hydrogen-bond donors (Lipinski definition) is 1. The zero-order valence-corrected chi connectivity index (χ0v) is 13.0.